The number of rotatable bonds is 4. The molecule has 24 heavy (non-hydrogen) atoms. The Morgan fingerprint density at radius 1 is 1.17 bits per heavy atom. The summed E-state index contributed by atoms with van der Waals surface area (Å²) >= 11 is 2.23. The molecule has 1 saturated heterocycles. The zero-order chi connectivity index (χ0) is 16.9. The van der Waals surface area contributed by atoms with Crippen LogP contribution in [0.3, 0.4) is 0 Å². The van der Waals surface area contributed by atoms with Crippen molar-refractivity contribution in [1.29, 1.82) is 0 Å². The summed E-state index contributed by atoms with van der Waals surface area (Å²) in [7, 11) is 0. The number of hydrogen-bond donors (Lipinski definition) is 1. The van der Waals surface area contributed by atoms with E-state index in [1.165, 1.54) is 0 Å². The Kier molecular flexibility index (Phi) is 5.24. The summed E-state index contributed by atoms with van der Waals surface area (Å²) in [5.74, 6) is -0.655. The lowest BCUT2D eigenvalue weighted by molar-refractivity contribution is -0.126. The van der Waals surface area contributed by atoms with Gasteiger partial charge in [0.2, 0.25) is 11.8 Å². The highest BCUT2D eigenvalue weighted by Gasteiger charge is 2.34. The van der Waals surface area contributed by atoms with Crippen LogP contribution in [-0.4, -0.2) is 24.6 Å². The van der Waals surface area contributed by atoms with E-state index in [2.05, 4.69) is 33.1 Å². The van der Waals surface area contributed by atoms with E-state index in [1.54, 1.807) is 11.1 Å². The molecule has 1 aliphatic rings. The largest absolute Gasteiger partial charge is 0.312 e. The Morgan fingerprint density at radius 3 is 2.58 bits per heavy atom. The van der Waals surface area contributed by atoms with Gasteiger partial charge >= 0.3 is 0 Å². The van der Waals surface area contributed by atoms with Crippen LogP contribution in [-0.2, 0) is 9.59 Å². The minimum absolute atomic E-state index is 0.0389. The number of nitrogens with zero attached hydrogens (tertiary/aromatic N) is 2. The van der Waals surface area contributed by atoms with Crippen molar-refractivity contribution >= 4 is 46.3 Å². The van der Waals surface area contributed by atoms with E-state index in [-0.39, 0.29) is 24.2 Å². The fourth-order valence-electron chi connectivity index (χ4n) is 2.55. The molecule has 3 rings (SSSR count). The fourth-order valence-corrected chi connectivity index (χ4v) is 2.91. The molecule has 1 aliphatic heterocycles. The standard InChI is InChI=1S/C18H16IN3O2/c19-15-8-6-13(7-9-15)11-20-21-18(24)14-10-17(23)22(12-14)16-4-2-1-3-5-16/h1-9,11,14H,10,12H2,(H,21,24)/b20-11-/t14-/m0/s1. The van der Waals surface area contributed by atoms with Gasteiger partial charge in [0.05, 0.1) is 12.1 Å². The first-order chi connectivity index (χ1) is 11.6. The Balaban J connectivity index is 1.58. The number of benzene rings is 2. The molecule has 0 radical (unpaired) electrons. The summed E-state index contributed by atoms with van der Waals surface area (Å²) in [5, 5.41) is 3.98. The molecule has 122 valence electrons. The lowest BCUT2D eigenvalue weighted by atomic mass is 10.1. The predicted molar refractivity (Wildman–Crippen MR) is 102 cm³/mol. The van der Waals surface area contributed by atoms with E-state index in [9.17, 15) is 9.59 Å². The zero-order valence-corrected chi connectivity index (χ0v) is 15.0. The highest BCUT2D eigenvalue weighted by Crippen LogP contribution is 2.24. The SMILES string of the molecule is O=C(N/N=C\c1ccc(I)cc1)[C@H]1CC(=O)N(c2ccccc2)C1. The van der Waals surface area contributed by atoms with Crippen molar-refractivity contribution in [3.63, 3.8) is 0 Å². The van der Waals surface area contributed by atoms with Crippen LogP contribution in [0, 0.1) is 9.49 Å². The number of carbonyl (C=O) groups excluding carboxylic acids is 2. The Morgan fingerprint density at radius 2 is 1.88 bits per heavy atom. The Hall–Kier alpha value is -2.22. The van der Waals surface area contributed by atoms with Crippen LogP contribution >= 0.6 is 22.6 Å². The van der Waals surface area contributed by atoms with Gasteiger partial charge in [-0.05, 0) is 52.4 Å². The second kappa shape index (κ2) is 7.57. The Labute approximate surface area is 153 Å². The number of hydrogen-bond acceptors (Lipinski definition) is 3. The van der Waals surface area contributed by atoms with Gasteiger partial charge in [0.1, 0.15) is 0 Å². The predicted octanol–water partition coefficient (Wildman–Crippen LogP) is 2.79. The van der Waals surface area contributed by atoms with Gasteiger partial charge in [-0.1, -0.05) is 30.3 Å². The molecule has 1 fully saturated rings. The van der Waals surface area contributed by atoms with Crippen molar-refractivity contribution < 1.29 is 9.59 Å². The van der Waals surface area contributed by atoms with Crippen LogP contribution in [0.2, 0.25) is 0 Å². The molecule has 2 aromatic rings. The van der Waals surface area contributed by atoms with Gasteiger partial charge in [0, 0.05) is 22.2 Å². The van der Waals surface area contributed by atoms with Crippen LogP contribution in [0.4, 0.5) is 5.69 Å². The summed E-state index contributed by atoms with van der Waals surface area (Å²) < 4.78 is 1.14. The van der Waals surface area contributed by atoms with Crippen molar-refractivity contribution in [1.82, 2.24) is 5.43 Å². The molecule has 0 spiro atoms. The smallest absolute Gasteiger partial charge is 0.245 e. The highest BCUT2D eigenvalue weighted by molar-refractivity contribution is 14.1. The summed E-state index contributed by atoms with van der Waals surface area (Å²) in [6, 6.07) is 17.2. The third-order valence-electron chi connectivity index (χ3n) is 3.82. The number of amides is 2. The van der Waals surface area contributed by atoms with E-state index in [0.29, 0.717) is 6.54 Å². The van der Waals surface area contributed by atoms with Gasteiger partial charge < -0.3 is 4.90 Å². The molecule has 0 unspecified atom stereocenters. The van der Waals surface area contributed by atoms with Crippen molar-refractivity contribution in [2.45, 2.75) is 6.42 Å². The van der Waals surface area contributed by atoms with Crippen molar-refractivity contribution in [3.8, 4) is 0 Å². The number of hydrazone groups is 1. The maximum Gasteiger partial charge on any atom is 0.245 e. The number of halogens is 1. The maximum absolute atomic E-state index is 12.2. The normalized spacial score (nSPS) is 17.5. The Bertz CT molecular complexity index is 760. The van der Waals surface area contributed by atoms with Gasteiger partial charge in [-0.25, -0.2) is 5.43 Å². The first kappa shape index (κ1) is 16.6. The number of para-hydroxylation sites is 1. The molecule has 0 saturated carbocycles. The molecule has 1 heterocycles. The molecule has 1 N–H and O–H groups in total. The van der Waals surface area contributed by atoms with Gasteiger partial charge in [0.15, 0.2) is 0 Å². The zero-order valence-electron chi connectivity index (χ0n) is 12.9. The van der Waals surface area contributed by atoms with Crippen molar-refractivity contribution in [2.75, 3.05) is 11.4 Å². The highest BCUT2D eigenvalue weighted by atomic mass is 127. The number of carbonyl (C=O) groups is 2. The fraction of sp³-hybridized carbons (Fsp3) is 0.167. The van der Waals surface area contributed by atoms with E-state index in [4.69, 9.17) is 0 Å². The molecule has 0 aromatic heterocycles. The summed E-state index contributed by atoms with van der Waals surface area (Å²) in [4.78, 5) is 26.0. The summed E-state index contributed by atoms with van der Waals surface area (Å²) in [5.41, 5.74) is 4.26. The third kappa shape index (κ3) is 4.00. The van der Waals surface area contributed by atoms with E-state index >= 15 is 0 Å². The van der Waals surface area contributed by atoms with Crippen LogP contribution in [0.1, 0.15) is 12.0 Å². The summed E-state index contributed by atoms with van der Waals surface area (Å²) in [6.45, 7) is 0.383. The van der Waals surface area contributed by atoms with Crippen molar-refractivity contribution in [3.05, 3.63) is 63.7 Å². The lowest BCUT2D eigenvalue weighted by Gasteiger charge is -2.16. The first-order valence-corrected chi connectivity index (χ1v) is 8.65. The molecule has 2 amide bonds. The monoisotopic (exact) mass is 433 g/mol. The van der Waals surface area contributed by atoms with Gasteiger partial charge in [0.25, 0.3) is 0 Å². The van der Waals surface area contributed by atoms with Crippen LogP contribution in [0.5, 0.6) is 0 Å². The van der Waals surface area contributed by atoms with Gasteiger partial charge in [-0.2, -0.15) is 5.10 Å². The minimum Gasteiger partial charge on any atom is -0.312 e. The average Bonchev–Trinajstić information content (AvgIpc) is 2.99. The van der Waals surface area contributed by atoms with Crippen molar-refractivity contribution in [2.24, 2.45) is 11.0 Å². The number of nitrogens with one attached hydrogen (secondary N) is 1. The van der Waals surface area contributed by atoms with E-state index in [0.717, 1.165) is 14.8 Å². The number of anilines is 1. The van der Waals surface area contributed by atoms with Crippen LogP contribution in [0.25, 0.3) is 0 Å². The average molecular weight is 433 g/mol. The quantitative estimate of drug-likeness (QED) is 0.458. The molecular weight excluding hydrogens is 417 g/mol. The summed E-state index contributed by atoms with van der Waals surface area (Å²) in [6.07, 6.45) is 1.81. The molecule has 0 aliphatic carbocycles. The molecule has 1 atom stereocenters. The maximum atomic E-state index is 12.2. The molecular formula is C18H16IN3O2. The third-order valence-corrected chi connectivity index (χ3v) is 4.54. The van der Waals surface area contributed by atoms with E-state index < -0.39 is 0 Å². The molecule has 0 bridgehead atoms. The second-order valence-corrected chi connectivity index (χ2v) is 6.77. The molecule has 2 aromatic carbocycles. The lowest BCUT2D eigenvalue weighted by Crippen LogP contribution is -2.30. The van der Waals surface area contributed by atoms with E-state index in [1.807, 2.05) is 54.6 Å². The molecule has 5 nitrogen and oxygen atoms in total. The van der Waals surface area contributed by atoms with Crippen LogP contribution in [0.15, 0.2) is 59.7 Å². The first-order valence-electron chi connectivity index (χ1n) is 7.57. The topological polar surface area (TPSA) is 61.8 Å². The van der Waals surface area contributed by atoms with Gasteiger partial charge in [-0.3, -0.25) is 9.59 Å². The second-order valence-electron chi connectivity index (χ2n) is 5.53. The van der Waals surface area contributed by atoms with Crippen LogP contribution < -0.4 is 10.3 Å². The van der Waals surface area contributed by atoms with Gasteiger partial charge in [-0.15, -0.1) is 0 Å². The molecule has 6 heteroatoms. The minimum atomic E-state index is -0.383.